The summed E-state index contributed by atoms with van der Waals surface area (Å²) in [7, 11) is 1.61. The zero-order valence-electron chi connectivity index (χ0n) is 11.4. The number of carboxylic acids is 1. The zero-order valence-corrected chi connectivity index (χ0v) is 11.4. The minimum Gasteiger partial charge on any atom is -0.496 e. The number of ether oxygens (including phenoxy) is 2. The van der Waals surface area contributed by atoms with Crippen molar-refractivity contribution in [1.82, 2.24) is 0 Å². The third-order valence-electron chi connectivity index (χ3n) is 3.09. The molecule has 0 fully saturated rings. The molecule has 2 aromatic rings. The number of hydrogen-bond donors (Lipinski definition) is 1. The van der Waals surface area contributed by atoms with Gasteiger partial charge in [-0.15, -0.1) is 0 Å². The summed E-state index contributed by atoms with van der Waals surface area (Å²) < 4.78 is 11.0. The second-order valence-electron chi connectivity index (χ2n) is 4.33. The molecule has 1 N–H and O–H groups in total. The van der Waals surface area contributed by atoms with Crippen molar-refractivity contribution in [3.63, 3.8) is 0 Å². The van der Waals surface area contributed by atoms with Crippen LogP contribution in [-0.4, -0.2) is 18.2 Å². The second kappa shape index (κ2) is 6.10. The Morgan fingerprint density at radius 3 is 2.50 bits per heavy atom. The summed E-state index contributed by atoms with van der Waals surface area (Å²) in [6.45, 7) is 2.06. The van der Waals surface area contributed by atoms with Gasteiger partial charge in [-0.05, 0) is 25.1 Å². The first-order valence-electron chi connectivity index (χ1n) is 6.21. The molecular weight excluding hydrogens is 256 g/mol. The Morgan fingerprint density at radius 1 is 1.10 bits per heavy atom. The maximum atomic E-state index is 11.1. The van der Waals surface area contributed by atoms with Crippen LogP contribution in [0.2, 0.25) is 0 Å². The molecule has 0 saturated heterocycles. The van der Waals surface area contributed by atoms with Crippen LogP contribution in [0, 0.1) is 6.92 Å². The van der Waals surface area contributed by atoms with Gasteiger partial charge in [0.15, 0.2) is 0 Å². The topological polar surface area (TPSA) is 55.8 Å². The lowest BCUT2D eigenvalue weighted by molar-refractivity contribution is 0.0695. The highest BCUT2D eigenvalue weighted by molar-refractivity contribution is 5.90. The van der Waals surface area contributed by atoms with Gasteiger partial charge < -0.3 is 14.6 Å². The minimum atomic E-state index is -0.953. The quantitative estimate of drug-likeness (QED) is 0.907. The fraction of sp³-hybridized carbons (Fsp3) is 0.188. The van der Waals surface area contributed by atoms with Crippen LogP contribution in [0.5, 0.6) is 11.5 Å². The van der Waals surface area contributed by atoms with Gasteiger partial charge in [-0.3, -0.25) is 0 Å². The lowest BCUT2D eigenvalue weighted by Gasteiger charge is -2.12. The van der Waals surface area contributed by atoms with Crippen LogP contribution in [0.4, 0.5) is 0 Å². The molecule has 0 aliphatic heterocycles. The van der Waals surface area contributed by atoms with Gasteiger partial charge in [-0.2, -0.15) is 0 Å². The summed E-state index contributed by atoms with van der Waals surface area (Å²) in [5.74, 6) is 0.362. The molecule has 2 rings (SSSR count). The van der Waals surface area contributed by atoms with Crippen molar-refractivity contribution in [2.24, 2.45) is 0 Å². The summed E-state index contributed by atoms with van der Waals surface area (Å²) in [5, 5.41) is 9.08. The number of para-hydroxylation sites is 1. The van der Waals surface area contributed by atoms with Crippen LogP contribution in [0.3, 0.4) is 0 Å². The highest BCUT2D eigenvalue weighted by Crippen LogP contribution is 2.24. The number of hydrogen-bond acceptors (Lipinski definition) is 3. The first-order valence-corrected chi connectivity index (χ1v) is 6.21. The van der Waals surface area contributed by atoms with E-state index in [2.05, 4.69) is 0 Å². The van der Waals surface area contributed by atoms with E-state index in [-0.39, 0.29) is 5.56 Å². The van der Waals surface area contributed by atoms with E-state index in [1.807, 2.05) is 24.3 Å². The van der Waals surface area contributed by atoms with Crippen LogP contribution in [-0.2, 0) is 6.61 Å². The molecule has 0 spiro atoms. The van der Waals surface area contributed by atoms with Crippen molar-refractivity contribution < 1.29 is 19.4 Å². The molecule has 0 bridgehead atoms. The van der Waals surface area contributed by atoms with E-state index in [4.69, 9.17) is 14.6 Å². The summed E-state index contributed by atoms with van der Waals surface area (Å²) in [6, 6.07) is 12.6. The summed E-state index contributed by atoms with van der Waals surface area (Å²) in [4.78, 5) is 11.1. The van der Waals surface area contributed by atoms with Gasteiger partial charge in [-0.25, -0.2) is 4.79 Å². The van der Waals surface area contributed by atoms with Crippen molar-refractivity contribution in [3.8, 4) is 11.5 Å². The molecule has 0 amide bonds. The Hall–Kier alpha value is -2.49. The van der Waals surface area contributed by atoms with Gasteiger partial charge in [-0.1, -0.05) is 24.3 Å². The number of carbonyl (C=O) groups is 1. The van der Waals surface area contributed by atoms with Crippen molar-refractivity contribution in [3.05, 3.63) is 59.2 Å². The first-order chi connectivity index (χ1) is 9.63. The number of carboxylic acid groups (broad SMARTS) is 1. The van der Waals surface area contributed by atoms with Gasteiger partial charge in [0.2, 0.25) is 0 Å². The first kappa shape index (κ1) is 13.9. The van der Waals surface area contributed by atoms with Crippen LogP contribution in [0.1, 0.15) is 21.5 Å². The third kappa shape index (κ3) is 2.91. The maximum Gasteiger partial charge on any atom is 0.336 e. The summed E-state index contributed by atoms with van der Waals surface area (Å²) in [6.07, 6.45) is 0. The lowest BCUT2D eigenvalue weighted by atomic mass is 10.1. The Kier molecular flexibility index (Phi) is 4.25. The zero-order chi connectivity index (χ0) is 14.5. The Bertz CT molecular complexity index is 620. The smallest absolute Gasteiger partial charge is 0.336 e. The van der Waals surface area contributed by atoms with E-state index in [0.717, 1.165) is 11.3 Å². The monoisotopic (exact) mass is 272 g/mol. The number of rotatable bonds is 5. The normalized spacial score (nSPS) is 10.1. The SMILES string of the molecule is COc1ccccc1COc1cccc(C(=O)O)c1C. The summed E-state index contributed by atoms with van der Waals surface area (Å²) >= 11 is 0. The van der Waals surface area contributed by atoms with Crippen LogP contribution >= 0.6 is 0 Å². The number of aromatic carboxylic acids is 1. The minimum absolute atomic E-state index is 0.252. The van der Waals surface area contributed by atoms with Gasteiger partial charge in [0.25, 0.3) is 0 Å². The van der Waals surface area contributed by atoms with Crippen molar-refractivity contribution in [2.75, 3.05) is 7.11 Å². The molecule has 0 aromatic heterocycles. The van der Waals surface area contributed by atoms with E-state index in [0.29, 0.717) is 17.9 Å². The van der Waals surface area contributed by atoms with E-state index in [9.17, 15) is 4.79 Å². The highest BCUT2D eigenvalue weighted by atomic mass is 16.5. The van der Waals surface area contributed by atoms with Gasteiger partial charge >= 0.3 is 5.97 Å². The average molecular weight is 272 g/mol. The molecule has 4 heteroatoms. The number of benzene rings is 2. The fourth-order valence-corrected chi connectivity index (χ4v) is 1.98. The molecular formula is C16H16O4. The van der Waals surface area contributed by atoms with E-state index in [1.165, 1.54) is 0 Å². The van der Waals surface area contributed by atoms with Gasteiger partial charge in [0, 0.05) is 11.1 Å². The van der Waals surface area contributed by atoms with Crippen LogP contribution < -0.4 is 9.47 Å². The molecule has 0 heterocycles. The standard InChI is InChI=1S/C16H16O4/c1-11-13(16(17)18)7-5-9-14(11)20-10-12-6-3-4-8-15(12)19-2/h3-9H,10H2,1-2H3,(H,17,18). The number of methoxy groups -OCH3 is 1. The Balaban J connectivity index is 2.19. The second-order valence-corrected chi connectivity index (χ2v) is 4.33. The molecule has 0 atom stereocenters. The van der Waals surface area contributed by atoms with E-state index < -0.39 is 5.97 Å². The van der Waals surface area contributed by atoms with Crippen molar-refractivity contribution in [2.45, 2.75) is 13.5 Å². The molecule has 0 unspecified atom stereocenters. The van der Waals surface area contributed by atoms with E-state index in [1.54, 1.807) is 32.2 Å². The largest absolute Gasteiger partial charge is 0.496 e. The highest BCUT2D eigenvalue weighted by Gasteiger charge is 2.11. The fourth-order valence-electron chi connectivity index (χ4n) is 1.98. The van der Waals surface area contributed by atoms with Crippen molar-refractivity contribution in [1.29, 1.82) is 0 Å². The molecule has 104 valence electrons. The third-order valence-corrected chi connectivity index (χ3v) is 3.09. The molecule has 0 saturated carbocycles. The molecule has 0 aliphatic carbocycles. The molecule has 0 aliphatic rings. The molecule has 2 aromatic carbocycles. The van der Waals surface area contributed by atoms with Crippen LogP contribution in [0.15, 0.2) is 42.5 Å². The van der Waals surface area contributed by atoms with E-state index >= 15 is 0 Å². The molecule has 20 heavy (non-hydrogen) atoms. The summed E-state index contributed by atoms with van der Waals surface area (Å²) in [5.41, 5.74) is 1.78. The lowest BCUT2D eigenvalue weighted by Crippen LogP contribution is -2.04. The van der Waals surface area contributed by atoms with Gasteiger partial charge in [0.1, 0.15) is 18.1 Å². The maximum absolute atomic E-state index is 11.1. The predicted molar refractivity (Wildman–Crippen MR) is 75.5 cm³/mol. The van der Waals surface area contributed by atoms with Crippen LogP contribution in [0.25, 0.3) is 0 Å². The Labute approximate surface area is 117 Å². The predicted octanol–water partition coefficient (Wildman–Crippen LogP) is 3.28. The average Bonchev–Trinajstić information content (AvgIpc) is 2.46. The molecule has 0 radical (unpaired) electrons. The molecule has 4 nitrogen and oxygen atoms in total. The Morgan fingerprint density at radius 2 is 1.80 bits per heavy atom. The van der Waals surface area contributed by atoms with Crippen molar-refractivity contribution >= 4 is 5.97 Å². The van der Waals surface area contributed by atoms with Gasteiger partial charge in [0.05, 0.1) is 12.7 Å².